The van der Waals surface area contributed by atoms with Crippen molar-refractivity contribution >= 4 is 21.6 Å². The van der Waals surface area contributed by atoms with Gasteiger partial charge in [0.2, 0.25) is 10.0 Å². The number of hydrogen-bond acceptors (Lipinski definition) is 7. The average Bonchev–Trinajstić information content (AvgIpc) is 2.84. The fourth-order valence-electron chi connectivity index (χ4n) is 3.68. The summed E-state index contributed by atoms with van der Waals surface area (Å²) in [6, 6.07) is 8.78. The molecule has 1 aliphatic heterocycles. The first-order valence-electron chi connectivity index (χ1n) is 11.0. The largest absolute Gasteiger partial charge is 0.493 e. The molecule has 0 radical (unpaired) electrons. The number of carbonyl (C=O) groups excluding carboxylic acids is 1. The molecule has 0 aromatic heterocycles. The first-order chi connectivity index (χ1) is 16.2. The summed E-state index contributed by atoms with van der Waals surface area (Å²) in [7, 11) is -2.43. The van der Waals surface area contributed by atoms with Gasteiger partial charge in [-0.1, -0.05) is 19.4 Å². The summed E-state index contributed by atoms with van der Waals surface area (Å²) >= 11 is 0. The number of piperazine rings is 1. The fourth-order valence-corrected chi connectivity index (χ4v) is 5.35. The van der Waals surface area contributed by atoms with E-state index in [1.54, 1.807) is 30.0 Å². The van der Waals surface area contributed by atoms with E-state index in [1.165, 1.54) is 23.5 Å². The lowest BCUT2D eigenvalue weighted by Crippen LogP contribution is -2.50. The molecular formula is C23H29N3O7S. The smallest absolute Gasteiger partial charge is 0.270 e. The van der Waals surface area contributed by atoms with Gasteiger partial charge in [-0.05, 0) is 37.1 Å². The number of methoxy groups -OCH3 is 1. The van der Waals surface area contributed by atoms with Gasteiger partial charge in [-0.25, -0.2) is 8.42 Å². The number of rotatable bonds is 9. The molecule has 0 N–H and O–H groups in total. The maximum Gasteiger partial charge on any atom is 0.270 e. The number of aryl methyl sites for hydroxylation is 1. The number of ether oxygens (including phenoxy) is 2. The van der Waals surface area contributed by atoms with Crippen molar-refractivity contribution in [2.75, 3.05) is 39.9 Å². The minimum Gasteiger partial charge on any atom is -0.493 e. The molecule has 0 atom stereocenters. The maximum atomic E-state index is 13.1. The predicted molar refractivity (Wildman–Crippen MR) is 126 cm³/mol. The van der Waals surface area contributed by atoms with E-state index in [4.69, 9.17) is 9.47 Å². The minimum atomic E-state index is -3.94. The highest BCUT2D eigenvalue weighted by Gasteiger charge is 2.32. The van der Waals surface area contributed by atoms with Gasteiger partial charge in [0.05, 0.1) is 23.5 Å². The Morgan fingerprint density at radius 1 is 1.09 bits per heavy atom. The first kappa shape index (κ1) is 25.4. The standard InChI is InChI=1S/C23H29N3O7S/c1-4-5-14-33-20-9-7-18(15-21(20)32-3)23(27)24-10-12-25(13-11-24)34(30,31)22-16-19(26(28)29)8-6-17(22)2/h6-9,15-16H,4-5,10-14H2,1-3H3. The van der Waals surface area contributed by atoms with Gasteiger partial charge in [0.25, 0.3) is 11.6 Å². The number of unbranched alkanes of at least 4 members (excludes halogenated alkanes) is 1. The van der Waals surface area contributed by atoms with Crippen LogP contribution in [0.4, 0.5) is 5.69 Å². The summed E-state index contributed by atoms with van der Waals surface area (Å²) in [6.45, 7) is 4.79. The van der Waals surface area contributed by atoms with Gasteiger partial charge in [-0.15, -0.1) is 0 Å². The van der Waals surface area contributed by atoms with Crippen molar-refractivity contribution in [1.82, 2.24) is 9.21 Å². The van der Waals surface area contributed by atoms with E-state index < -0.39 is 14.9 Å². The highest BCUT2D eigenvalue weighted by atomic mass is 32.2. The molecule has 3 rings (SSSR count). The number of benzene rings is 2. The first-order valence-corrected chi connectivity index (χ1v) is 12.5. The molecule has 1 amide bonds. The summed E-state index contributed by atoms with van der Waals surface area (Å²) in [6.07, 6.45) is 1.91. The van der Waals surface area contributed by atoms with Crippen molar-refractivity contribution in [2.24, 2.45) is 0 Å². The Balaban J connectivity index is 1.70. The van der Waals surface area contributed by atoms with Crippen LogP contribution >= 0.6 is 0 Å². The van der Waals surface area contributed by atoms with E-state index in [-0.39, 0.29) is 42.7 Å². The third kappa shape index (κ3) is 5.48. The summed E-state index contributed by atoms with van der Waals surface area (Å²) in [4.78, 5) is 25.0. The van der Waals surface area contributed by atoms with E-state index in [9.17, 15) is 23.3 Å². The molecule has 0 bridgehead atoms. The second-order valence-corrected chi connectivity index (χ2v) is 9.88. The van der Waals surface area contributed by atoms with Gasteiger partial charge in [0.1, 0.15) is 0 Å². The zero-order valence-corrected chi connectivity index (χ0v) is 20.3. The molecule has 11 heteroatoms. The number of sulfonamides is 1. The van der Waals surface area contributed by atoms with Crippen LogP contribution in [0, 0.1) is 17.0 Å². The molecule has 0 unspecified atom stereocenters. The Labute approximate surface area is 199 Å². The number of non-ortho nitro benzene ring substituents is 1. The molecule has 34 heavy (non-hydrogen) atoms. The normalized spacial score (nSPS) is 14.6. The molecule has 0 saturated carbocycles. The van der Waals surface area contributed by atoms with Crippen LogP contribution < -0.4 is 9.47 Å². The van der Waals surface area contributed by atoms with Crippen molar-refractivity contribution in [3.8, 4) is 11.5 Å². The van der Waals surface area contributed by atoms with E-state index >= 15 is 0 Å². The van der Waals surface area contributed by atoms with Gasteiger partial charge in [0, 0.05) is 43.9 Å². The lowest BCUT2D eigenvalue weighted by molar-refractivity contribution is -0.385. The Bertz CT molecular complexity index is 1160. The molecule has 1 aliphatic rings. The van der Waals surface area contributed by atoms with Crippen LogP contribution in [-0.2, 0) is 10.0 Å². The summed E-state index contributed by atoms with van der Waals surface area (Å²) in [5.41, 5.74) is 0.567. The van der Waals surface area contributed by atoms with Crippen molar-refractivity contribution in [3.05, 3.63) is 57.6 Å². The highest BCUT2D eigenvalue weighted by molar-refractivity contribution is 7.89. The molecule has 1 heterocycles. The second kappa shape index (κ2) is 10.8. The van der Waals surface area contributed by atoms with Gasteiger partial charge >= 0.3 is 0 Å². The van der Waals surface area contributed by atoms with Crippen molar-refractivity contribution in [1.29, 1.82) is 0 Å². The number of carbonyl (C=O) groups is 1. The maximum absolute atomic E-state index is 13.1. The monoisotopic (exact) mass is 491 g/mol. The summed E-state index contributed by atoms with van der Waals surface area (Å²) in [5.74, 6) is 0.794. The van der Waals surface area contributed by atoms with Gasteiger partial charge in [0.15, 0.2) is 11.5 Å². The Morgan fingerprint density at radius 2 is 1.79 bits per heavy atom. The van der Waals surface area contributed by atoms with Crippen LogP contribution in [0.2, 0.25) is 0 Å². The van der Waals surface area contributed by atoms with E-state index in [1.807, 2.05) is 0 Å². The van der Waals surface area contributed by atoms with Crippen LogP contribution in [-0.4, -0.2) is 68.3 Å². The van der Waals surface area contributed by atoms with E-state index in [2.05, 4.69) is 6.92 Å². The van der Waals surface area contributed by atoms with Crippen molar-refractivity contribution in [3.63, 3.8) is 0 Å². The molecule has 10 nitrogen and oxygen atoms in total. The topological polar surface area (TPSA) is 119 Å². The third-order valence-corrected chi connectivity index (χ3v) is 7.73. The Morgan fingerprint density at radius 3 is 2.41 bits per heavy atom. The minimum absolute atomic E-state index is 0.0888. The zero-order valence-electron chi connectivity index (χ0n) is 19.5. The molecule has 184 valence electrons. The number of amides is 1. The Kier molecular flexibility index (Phi) is 8.11. The quantitative estimate of drug-likeness (QED) is 0.300. The van der Waals surface area contributed by atoms with Crippen LogP contribution in [0.25, 0.3) is 0 Å². The zero-order chi connectivity index (χ0) is 24.9. The second-order valence-electron chi connectivity index (χ2n) is 7.97. The average molecular weight is 492 g/mol. The number of hydrogen-bond donors (Lipinski definition) is 0. The Hall–Kier alpha value is -3.18. The van der Waals surface area contributed by atoms with Crippen molar-refractivity contribution < 1.29 is 27.6 Å². The van der Waals surface area contributed by atoms with Gasteiger partial charge in [-0.2, -0.15) is 4.31 Å². The summed E-state index contributed by atoms with van der Waals surface area (Å²) < 4.78 is 38.6. The van der Waals surface area contributed by atoms with E-state index in [0.29, 0.717) is 29.2 Å². The van der Waals surface area contributed by atoms with Crippen LogP contribution in [0.5, 0.6) is 11.5 Å². The third-order valence-electron chi connectivity index (χ3n) is 5.69. The number of nitrogens with zero attached hydrogens (tertiary/aromatic N) is 3. The van der Waals surface area contributed by atoms with Gasteiger partial charge < -0.3 is 14.4 Å². The number of nitro benzene ring substituents is 1. The highest BCUT2D eigenvalue weighted by Crippen LogP contribution is 2.30. The lowest BCUT2D eigenvalue weighted by atomic mass is 10.1. The molecule has 0 spiro atoms. The number of nitro groups is 1. The summed E-state index contributed by atoms with van der Waals surface area (Å²) in [5, 5.41) is 11.1. The van der Waals surface area contributed by atoms with E-state index in [0.717, 1.165) is 18.9 Å². The van der Waals surface area contributed by atoms with Crippen LogP contribution in [0.3, 0.4) is 0 Å². The fraction of sp³-hybridized carbons (Fsp3) is 0.435. The predicted octanol–water partition coefficient (Wildman–Crippen LogP) is 3.24. The molecule has 0 aliphatic carbocycles. The lowest BCUT2D eigenvalue weighted by Gasteiger charge is -2.34. The molecule has 1 fully saturated rings. The van der Waals surface area contributed by atoms with Crippen molar-refractivity contribution in [2.45, 2.75) is 31.6 Å². The molecular weight excluding hydrogens is 462 g/mol. The molecule has 1 saturated heterocycles. The molecule has 2 aromatic carbocycles. The molecule has 2 aromatic rings. The SMILES string of the molecule is CCCCOc1ccc(C(=O)N2CCN(S(=O)(=O)c3cc([N+](=O)[O-])ccc3C)CC2)cc1OC. The van der Waals surface area contributed by atoms with Gasteiger partial charge in [-0.3, -0.25) is 14.9 Å². The van der Waals surface area contributed by atoms with Crippen LogP contribution in [0.1, 0.15) is 35.7 Å². The van der Waals surface area contributed by atoms with Crippen LogP contribution in [0.15, 0.2) is 41.3 Å².